The Labute approximate surface area is 287 Å². The number of hydrogen-bond acceptors (Lipinski definition) is 0. The largest absolute Gasteiger partial charge is 2.00 e. The van der Waals surface area contributed by atoms with Crippen LogP contribution in [0.4, 0.5) is 0 Å². The van der Waals surface area contributed by atoms with Crippen molar-refractivity contribution < 1.29 is 20.4 Å². The standard InChI is InChI=1S/2C21H20P.Pd/c2*1-16-12-14-19(15-13-16)22(20-10-6-4-8-17(20)2)21-11-7-5-9-18(21)3;/h2*4-15H,1H2,2-3H3;/q2*-1;+2. The van der Waals surface area contributed by atoms with Crippen LogP contribution in [0.1, 0.15) is 33.4 Å². The van der Waals surface area contributed by atoms with E-state index in [4.69, 9.17) is 0 Å². The molecule has 0 saturated heterocycles. The zero-order valence-electron chi connectivity index (χ0n) is 26.5. The second-order valence-electron chi connectivity index (χ2n) is 11.1. The first-order valence-electron chi connectivity index (χ1n) is 15.0. The molecule has 0 radical (unpaired) electrons. The molecule has 0 atom stereocenters. The van der Waals surface area contributed by atoms with Gasteiger partial charge in [0.25, 0.3) is 0 Å². The number of benzene rings is 6. The van der Waals surface area contributed by atoms with Gasteiger partial charge in [0, 0.05) is 0 Å². The van der Waals surface area contributed by atoms with Gasteiger partial charge >= 0.3 is 20.4 Å². The van der Waals surface area contributed by atoms with Gasteiger partial charge in [0.15, 0.2) is 0 Å². The average molecular weight is 713 g/mol. The van der Waals surface area contributed by atoms with E-state index in [1.54, 1.807) is 0 Å². The maximum atomic E-state index is 4.01. The molecule has 0 aromatic heterocycles. The fourth-order valence-corrected chi connectivity index (χ4v) is 10.5. The van der Waals surface area contributed by atoms with Crippen LogP contribution in [0.2, 0.25) is 0 Å². The molecule has 0 fully saturated rings. The second-order valence-corrected chi connectivity index (χ2v) is 15.5. The Morgan fingerprint density at radius 1 is 0.333 bits per heavy atom. The molecule has 0 spiro atoms. The van der Waals surface area contributed by atoms with Gasteiger partial charge in [-0.2, -0.15) is 49.2 Å². The maximum absolute atomic E-state index is 4.01. The van der Waals surface area contributed by atoms with E-state index < -0.39 is 15.8 Å². The van der Waals surface area contributed by atoms with Crippen LogP contribution >= 0.6 is 15.8 Å². The summed E-state index contributed by atoms with van der Waals surface area (Å²) in [6.45, 7) is 16.8. The Morgan fingerprint density at radius 2 is 0.556 bits per heavy atom. The van der Waals surface area contributed by atoms with Crippen LogP contribution < -0.4 is 31.8 Å². The van der Waals surface area contributed by atoms with E-state index in [-0.39, 0.29) is 20.4 Å². The Hall–Kier alpha value is -3.42. The van der Waals surface area contributed by atoms with E-state index in [2.05, 4.69) is 187 Å². The third kappa shape index (κ3) is 8.44. The second kappa shape index (κ2) is 16.2. The zero-order chi connectivity index (χ0) is 31.1. The van der Waals surface area contributed by atoms with Crippen molar-refractivity contribution in [2.24, 2.45) is 0 Å². The van der Waals surface area contributed by atoms with Crippen molar-refractivity contribution >= 4 is 47.7 Å². The van der Waals surface area contributed by atoms with E-state index in [1.165, 1.54) is 54.1 Å². The smallest absolute Gasteiger partial charge is 0.199 e. The van der Waals surface area contributed by atoms with E-state index in [0.29, 0.717) is 0 Å². The van der Waals surface area contributed by atoms with Gasteiger partial charge in [0.05, 0.1) is 0 Å². The SMILES string of the molecule is [CH2-]c1ccc(P(c2ccccc2C)c2ccccc2C)cc1.[CH2-]c1ccc(P(c2ccccc2C)c2ccccc2C)cc1.[Pd+2]. The summed E-state index contributed by atoms with van der Waals surface area (Å²) in [5.74, 6) is 0. The quantitative estimate of drug-likeness (QED) is 0.0924. The van der Waals surface area contributed by atoms with Gasteiger partial charge in [-0.15, -0.1) is 24.3 Å². The van der Waals surface area contributed by atoms with Crippen molar-refractivity contribution in [1.29, 1.82) is 0 Å². The van der Waals surface area contributed by atoms with Crippen LogP contribution in [0.5, 0.6) is 0 Å². The van der Waals surface area contributed by atoms with Crippen molar-refractivity contribution in [2.45, 2.75) is 27.7 Å². The number of rotatable bonds is 6. The van der Waals surface area contributed by atoms with Gasteiger partial charge in [-0.25, -0.2) is 0 Å². The van der Waals surface area contributed by atoms with Crippen LogP contribution in [-0.2, 0) is 20.4 Å². The topological polar surface area (TPSA) is 0 Å². The molecule has 228 valence electrons. The molecule has 0 bridgehead atoms. The predicted octanol–water partition coefficient (Wildman–Crippen LogP) is 8.49. The van der Waals surface area contributed by atoms with Gasteiger partial charge in [-0.3, -0.25) is 0 Å². The zero-order valence-corrected chi connectivity index (χ0v) is 29.8. The van der Waals surface area contributed by atoms with Crippen molar-refractivity contribution in [3.8, 4) is 0 Å². The van der Waals surface area contributed by atoms with Crippen LogP contribution in [0.25, 0.3) is 0 Å². The molecule has 0 unspecified atom stereocenters. The monoisotopic (exact) mass is 712 g/mol. The molecule has 6 aromatic carbocycles. The minimum Gasteiger partial charge on any atom is -0.199 e. The maximum Gasteiger partial charge on any atom is 2.00 e. The Bertz CT molecular complexity index is 1600. The first kappa shape index (κ1) is 34.5. The molecule has 0 amide bonds. The van der Waals surface area contributed by atoms with E-state index in [9.17, 15) is 0 Å². The van der Waals surface area contributed by atoms with Gasteiger partial charge in [-0.1, -0.05) is 97.1 Å². The predicted molar refractivity (Wildman–Crippen MR) is 198 cm³/mol. The molecular formula is C42H40P2Pd. The molecule has 0 aliphatic carbocycles. The molecule has 45 heavy (non-hydrogen) atoms. The van der Waals surface area contributed by atoms with Crippen molar-refractivity contribution in [3.63, 3.8) is 0 Å². The van der Waals surface area contributed by atoms with Gasteiger partial charge < -0.3 is 0 Å². The summed E-state index contributed by atoms with van der Waals surface area (Å²) in [6.07, 6.45) is 0. The minimum atomic E-state index is -0.528. The molecule has 0 aliphatic rings. The Kier molecular flexibility index (Phi) is 12.4. The molecule has 0 heterocycles. The van der Waals surface area contributed by atoms with Crippen molar-refractivity contribution in [2.75, 3.05) is 0 Å². The van der Waals surface area contributed by atoms with Crippen LogP contribution in [0.15, 0.2) is 146 Å². The fourth-order valence-electron chi connectivity index (χ4n) is 5.36. The molecule has 0 N–H and O–H groups in total. The van der Waals surface area contributed by atoms with Crippen molar-refractivity contribution in [3.05, 3.63) is 193 Å². The summed E-state index contributed by atoms with van der Waals surface area (Å²) in [4.78, 5) is 0. The summed E-state index contributed by atoms with van der Waals surface area (Å²) in [5.41, 5.74) is 7.55. The van der Waals surface area contributed by atoms with Crippen molar-refractivity contribution in [1.82, 2.24) is 0 Å². The Balaban J connectivity index is 0.000000200. The summed E-state index contributed by atoms with van der Waals surface area (Å²) in [5, 5.41) is 8.50. The van der Waals surface area contributed by atoms with Crippen LogP contribution in [0.3, 0.4) is 0 Å². The molecule has 3 heteroatoms. The summed E-state index contributed by atoms with van der Waals surface area (Å²) in [7, 11) is -1.06. The molecular weight excluding hydrogens is 673 g/mol. The van der Waals surface area contributed by atoms with Crippen LogP contribution in [-0.4, -0.2) is 0 Å². The molecule has 6 rings (SSSR count). The summed E-state index contributed by atoms with van der Waals surface area (Å²) >= 11 is 0. The molecule has 0 nitrogen and oxygen atoms in total. The molecule has 0 saturated carbocycles. The fraction of sp³-hybridized carbons (Fsp3) is 0.0952. The Morgan fingerprint density at radius 3 is 0.778 bits per heavy atom. The number of aryl methyl sites for hydroxylation is 4. The van der Waals surface area contributed by atoms with Gasteiger partial charge in [-0.05, 0) is 97.6 Å². The van der Waals surface area contributed by atoms with E-state index >= 15 is 0 Å². The normalized spacial score (nSPS) is 10.6. The summed E-state index contributed by atoms with van der Waals surface area (Å²) in [6, 6.07) is 52.3. The summed E-state index contributed by atoms with van der Waals surface area (Å²) < 4.78 is 0. The molecule has 0 aliphatic heterocycles. The third-order valence-electron chi connectivity index (χ3n) is 7.81. The minimum absolute atomic E-state index is 0. The van der Waals surface area contributed by atoms with E-state index in [1.807, 2.05) is 0 Å². The van der Waals surface area contributed by atoms with Gasteiger partial charge in [0.2, 0.25) is 0 Å². The first-order valence-corrected chi connectivity index (χ1v) is 17.7. The van der Waals surface area contributed by atoms with E-state index in [0.717, 1.165) is 11.1 Å². The third-order valence-corrected chi connectivity index (χ3v) is 13.4. The first-order chi connectivity index (χ1) is 21.3. The van der Waals surface area contributed by atoms with Crippen LogP contribution in [0, 0.1) is 41.5 Å². The molecule has 6 aromatic rings. The van der Waals surface area contributed by atoms with Gasteiger partial charge in [0.1, 0.15) is 0 Å². The number of hydrogen-bond donors (Lipinski definition) is 0. The average Bonchev–Trinajstić information content (AvgIpc) is 3.03.